The van der Waals surface area contributed by atoms with E-state index in [1.807, 2.05) is 72.1 Å². The van der Waals surface area contributed by atoms with Crippen LogP contribution in [-0.2, 0) is 6.54 Å². The number of carbonyl (C=O) groups is 1. The summed E-state index contributed by atoms with van der Waals surface area (Å²) in [6, 6.07) is 17.7. The Labute approximate surface area is 161 Å². The van der Waals surface area contributed by atoms with Gasteiger partial charge in [0.2, 0.25) is 0 Å². The highest BCUT2D eigenvalue weighted by Gasteiger charge is 2.18. The van der Waals surface area contributed by atoms with Gasteiger partial charge in [-0.1, -0.05) is 41.7 Å². The molecule has 0 spiro atoms. The SMILES string of the molecule is COc1ccc(-c2cn3c(C)c(C(=O)NCc4ccccc4)sc3n2)cc1. The fraction of sp³-hybridized carbons (Fsp3) is 0.143. The second-order valence-electron chi connectivity index (χ2n) is 6.19. The average Bonchev–Trinajstić information content (AvgIpc) is 3.26. The van der Waals surface area contributed by atoms with Gasteiger partial charge in [0.15, 0.2) is 4.96 Å². The van der Waals surface area contributed by atoms with E-state index in [2.05, 4.69) is 10.3 Å². The lowest BCUT2D eigenvalue weighted by Gasteiger charge is -2.04. The summed E-state index contributed by atoms with van der Waals surface area (Å²) in [7, 11) is 1.65. The molecule has 4 aromatic rings. The normalized spacial score (nSPS) is 10.9. The van der Waals surface area contributed by atoms with Crippen LogP contribution in [0.15, 0.2) is 60.8 Å². The van der Waals surface area contributed by atoms with Crippen molar-refractivity contribution in [3.8, 4) is 17.0 Å². The lowest BCUT2D eigenvalue weighted by atomic mass is 10.2. The van der Waals surface area contributed by atoms with E-state index < -0.39 is 0 Å². The number of aromatic nitrogens is 2. The first-order valence-corrected chi connectivity index (χ1v) is 9.42. The monoisotopic (exact) mass is 377 g/mol. The molecule has 5 nitrogen and oxygen atoms in total. The number of methoxy groups -OCH3 is 1. The quantitative estimate of drug-likeness (QED) is 0.564. The average molecular weight is 377 g/mol. The van der Waals surface area contributed by atoms with Gasteiger partial charge in [0.05, 0.1) is 12.8 Å². The molecule has 0 aliphatic carbocycles. The summed E-state index contributed by atoms with van der Waals surface area (Å²) < 4.78 is 7.17. The maximum absolute atomic E-state index is 12.6. The van der Waals surface area contributed by atoms with Gasteiger partial charge in [0.25, 0.3) is 5.91 Å². The molecule has 2 heterocycles. The standard InChI is InChI=1S/C21H19N3O2S/c1-14-19(20(25)22-12-15-6-4-3-5-7-15)27-21-23-18(13-24(14)21)16-8-10-17(26-2)11-9-16/h3-11,13H,12H2,1-2H3,(H,22,25). The van der Waals surface area contributed by atoms with E-state index in [-0.39, 0.29) is 5.91 Å². The van der Waals surface area contributed by atoms with E-state index in [9.17, 15) is 4.79 Å². The van der Waals surface area contributed by atoms with E-state index in [1.165, 1.54) is 11.3 Å². The molecule has 0 aliphatic rings. The fourth-order valence-corrected chi connectivity index (χ4v) is 3.95. The molecule has 4 rings (SSSR count). The first-order valence-electron chi connectivity index (χ1n) is 8.61. The smallest absolute Gasteiger partial charge is 0.263 e. The third-order valence-corrected chi connectivity index (χ3v) is 5.60. The number of benzene rings is 2. The van der Waals surface area contributed by atoms with Crippen LogP contribution < -0.4 is 10.1 Å². The maximum Gasteiger partial charge on any atom is 0.263 e. The molecule has 2 aromatic carbocycles. The molecular weight excluding hydrogens is 358 g/mol. The molecule has 6 heteroatoms. The molecule has 0 radical (unpaired) electrons. The van der Waals surface area contributed by atoms with Crippen molar-refractivity contribution >= 4 is 22.2 Å². The zero-order chi connectivity index (χ0) is 18.8. The van der Waals surface area contributed by atoms with Crippen molar-refractivity contribution in [3.63, 3.8) is 0 Å². The molecule has 1 N–H and O–H groups in total. The van der Waals surface area contributed by atoms with Crippen molar-refractivity contribution < 1.29 is 9.53 Å². The minimum absolute atomic E-state index is 0.0714. The molecule has 0 bridgehead atoms. The first-order chi connectivity index (χ1) is 13.2. The molecule has 2 aromatic heterocycles. The van der Waals surface area contributed by atoms with Gasteiger partial charge in [-0.15, -0.1) is 0 Å². The molecule has 1 amide bonds. The Morgan fingerprint density at radius 3 is 2.56 bits per heavy atom. The van der Waals surface area contributed by atoms with Gasteiger partial charge in [-0.2, -0.15) is 0 Å². The van der Waals surface area contributed by atoms with Gasteiger partial charge in [-0.3, -0.25) is 9.20 Å². The van der Waals surface area contributed by atoms with Crippen LogP contribution in [0.1, 0.15) is 20.9 Å². The summed E-state index contributed by atoms with van der Waals surface area (Å²) in [6.07, 6.45) is 1.97. The Morgan fingerprint density at radius 2 is 1.89 bits per heavy atom. The molecule has 0 saturated heterocycles. The molecular formula is C21H19N3O2S. The van der Waals surface area contributed by atoms with Crippen LogP contribution in [0.3, 0.4) is 0 Å². The molecule has 0 aliphatic heterocycles. The summed E-state index contributed by atoms with van der Waals surface area (Å²) >= 11 is 1.41. The van der Waals surface area contributed by atoms with E-state index >= 15 is 0 Å². The lowest BCUT2D eigenvalue weighted by Crippen LogP contribution is -2.22. The molecule has 0 saturated carbocycles. The van der Waals surface area contributed by atoms with Gasteiger partial charge >= 0.3 is 0 Å². The summed E-state index contributed by atoms with van der Waals surface area (Å²) in [4.78, 5) is 18.8. The molecule has 0 atom stereocenters. The van der Waals surface area contributed by atoms with Crippen LogP contribution in [0.4, 0.5) is 0 Å². The van der Waals surface area contributed by atoms with Crippen LogP contribution in [0.25, 0.3) is 16.2 Å². The summed E-state index contributed by atoms with van der Waals surface area (Å²) in [5.74, 6) is 0.742. The van der Waals surface area contributed by atoms with E-state index in [4.69, 9.17) is 4.74 Å². The van der Waals surface area contributed by atoms with Crippen LogP contribution in [-0.4, -0.2) is 22.4 Å². The van der Waals surface area contributed by atoms with Gasteiger partial charge in [-0.25, -0.2) is 4.98 Å². The fourth-order valence-electron chi connectivity index (χ4n) is 2.92. The van der Waals surface area contributed by atoms with Crippen molar-refractivity contribution in [1.29, 1.82) is 0 Å². The number of aryl methyl sites for hydroxylation is 1. The number of fused-ring (bicyclic) bond motifs is 1. The van der Waals surface area contributed by atoms with Crippen molar-refractivity contribution in [1.82, 2.24) is 14.7 Å². The van der Waals surface area contributed by atoms with Crippen molar-refractivity contribution in [3.05, 3.63) is 76.9 Å². The predicted octanol–water partition coefficient (Wildman–Crippen LogP) is 4.31. The van der Waals surface area contributed by atoms with Gasteiger partial charge < -0.3 is 10.1 Å². The highest BCUT2D eigenvalue weighted by atomic mass is 32.1. The van der Waals surface area contributed by atoms with E-state index in [1.54, 1.807) is 7.11 Å². The number of rotatable bonds is 5. The Morgan fingerprint density at radius 1 is 1.15 bits per heavy atom. The van der Waals surface area contributed by atoms with Crippen LogP contribution in [0, 0.1) is 6.92 Å². The Hall–Kier alpha value is -3.12. The number of nitrogens with one attached hydrogen (secondary N) is 1. The number of carbonyl (C=O) groups excluding carboxylic acids is 1. The number of hydrogen-bond donors (Lipinski definition) is 1. The zero-order valence-electron chi connectivity index (χ0n) is 15.1. The lowest BCUT2D eigenvalue weighted by molar-refractivity contribution is 0.0954. The highest BCUT2D eigenvalue weighted by Crippen LogP contribution is 2.28. The second kappa shape index (κ2) is 7.25. The van der Waals surface area contributed by atoms with E-state index in [0.717, 1.165) is 33.2 Å². The molecule has 27 heavy (non-hydrogen) atoms. The van der Waals surface area contributed by atoms with Gasteiger partial charge in [-0.05, 0) is 36.8 Å². The summed E-state index contributed by atoms with van der Waals surface area (Å²) in [5, 5.41) is 2.98. The number of thiazole rings is 1. The maximum atomic E-state index is 12.6. The number of nitrogens with zero attached hydrogens (tertiary/aromatic N) is 2. The van der Waals surface area contributed by atoms with Crippen molar-refractivity contribution in [2.75, 3.05) is 7.11 Å². The number of imidazole rings is 1. The van der Waals surface area contributed by atoms with Gasteiger partial charge in [0, 0.05) is 24.0 Å². The van der Waals surface area contributed by atoms with E-state index in [0.29, 0.717) is 11.4 Å². The highest BCUT2D eigenvalue weighted by molar-refractivity contribution is 7.19. The minimum atomic E-state index is -0.0714. The molecule has 0 unspecified atom stereocenters. The second-order valence-corrected chi connectivity index (χ2v) is 7.17. The number of hydrogen-bond acceptors (Lipinski definition) is 4. The first kappa shape index (κ1) is 17.3. The molecule has 136 valence electrons. The Kier molecular flexibility index (Phi) is 4.64. The Balaban J connectivity index is 1.55. The molecule has 0 fully saturated rings. The number of amides is 1. The summed E-state index contributed by atoms with van der Waals surface area (Å²) in [5.41, 5.74) is 3.86. The van der Waals surface area contributed by atoms with Crippen LogP contribution >= 0.6 is 11.3 Å². The Bertz CT molecular complexity index is 1080. The minimum Gasteiger partial charge on any atom is -0.497 e. The summed E-state index contributed by atoms with van der Waals surface area (Å²) in [6.45, 7) is 2.46. The third-order valence-electron chi connectivity index (χ3n) is 4.44. The number of ether oxygens (including phenoxy) is 1. The van der Waals surface area contributed by atoms with Gasteiger partial charge in [0.1, 0.15) is 10.6 Å². The van der Waals surface area contributed by atoms with Crippen molar-refractivity contribution in [2.24, 2.45) is 0 Å². The third kappa shape index (κ3) is 3.44. The topological polar surface area (TPSA) is 55.6 Å². The zero-order valence-corrected chi connectivity index (χ0v) is 15.9. The van der Waals surface area contributed by atoms with Crippen LogP contribution in [0.2, 0.25) is 0 Å². The van der Waals surface area contributed by atoms with Crippen LogP contribution in [0.5, 0.6) is 5.75 Å². The largest absolute Gasteiger partial charge is 0.497 e. The predicted molar refractivity (Wildman–Crippen MR) is 107 cm³/mol. The van der Waals surface area contributed by atoms with Crippen molar-refractivity contribution in [2.45, 2.75) is 13.5 Å².